The molecule has 0 aliphatic heterocycles. The van der Waals surface area contributed by atoms with Crippen LogP contribution in [0.25, 0.3) is 10.7 Å². The third-order valence-electron chi connectivity index (χ3n) is 4.80. The summed E-state index contributed by atoms with van der Waals surface area (Å²) in [6, 6.07) is 13.1. The van der Waals surface area contributed by atoms with Crippen LogP contribution in [0.5, 0.6) is 0 Å². The van der Waals surface area contributed by atoms with Gasteiger partial charge in [-0.05, 0) is 23.9 Å². The van der Waals surface area contributed by atoms with E-state index in [1.807, 2.05) is 47.8 Å². The van der Waals surface area contributed by atoms with Gasteiger partial charge in [-0.25, -0.2) is 9.78 Å². The van der Waals surface area contributed by atoms with E-state index >= 15 is 0 Å². The molecule has 0 saturated carbocycles. The predicted octanol–water partition coefficient (Wildman–Crippen LogP) is 2.48. The van der Waals surface area contributed by atoms with E-state index in [0.29, 0.717) is 11.0 Å². The Morgan fingerprint density at radius 3 is 2.62 bits per heavy atom. The minimum atomic E-state index is -0.681. The Morgan fingerprint density at radius 1 is 1.16 bits per heavy atom. The molecule has 0 amide bonds. The molecule has 4 rings (SSSR count). The number of nitrogens with one attached hydrogen (secondary N) is 1. The van der Waals surface area contributed by atoms with Crippen LogP contribution in [0, 0.1) is 0 Å². The standard InChI is InChI=1S/C21H20N6O3S2/c1-2-26-19(29)16(17(22)27(21(26)30)11-13-7-4-3-5-8-13)14(28)12-32-20-23-18(24-25-20)15-9-6-10-31-15/h3-10H,2,11-12,22H2,1H3,(H,23,24,25). The number of rotatable bonds is 8. The fourth-order valence-electron chi connectivity index (χ4n) is 3.21. The maximum Gasteiger partial charge on any atom is 0.332 e. The average molecular weight is 469 g/mol. The van der Waals surface area contributed by atoms with Gasteiger partial charge in [0.1, 0.15) is 11.4 Å². The van der Waals surface area contributed by atoms with Crippen LogP contribution in [0.15, 0.2) is 62.6 Å². The highest BCUT2D eigenvalue weighted by Crippen LogP contribution is 2.23. The zero-order chi connectivity index (χ0) is 22.7. The summed E-state index contributed by atoms with van der Waals surface area (Å²) < 4.78 is 2.29. The molecule has 32 heavy (non-hydrogen) atoms. The SMILES string of the molecule is CCn1c(=O)c(C(=O)CSc2n[nH]c(-c3cccs3)n2)c(N)n(Cc2ccccc2)c1=O. The van der Waals surface area contributed by atoms with Crippen LogP contribution in [-0.2, 0) is 13.1 Å². The van der Waals surface area contributed by atoms with Crippen molar-refractivity contribution in [3.8, 4) is 10.7 Å². The lowest BCUT2D eigenvalue weighted by Gasteiger charge is -2.15. The second-order valence-corrected chi connectivity index (χ2v) is 8.71. The molecule has 0 spiro atoms. The summed E-state index contributed by atoms with van der Waals surface area (Å²) in [6.45, 7) is 1.96. The highest BCUT2D eigenvalue weighted by molar-refractivity contribution is 7.99. The molecular weight excluding hydrogens is 448 g/mol. The molecule has 0 aliphatic carbocycles. The maximum absolute atomic E-state index is 13.0. The number of hydrogen-bond donors (Lipinski definition) is 2. The molecule has 3 aromatic heterocycles. The van der Waals surface area contributed by atoms with E-state index in [0.717, 1.165) is 26.8 Å². The van der Waals surface area contributed by atoms with Crippen molar-refractivity contribution in [2.75, 3.05) is 11.5 Å². The summed E-state index contributed by atoms with van der Waals surface area (Å²) in [5.41, 5.74) is 5.59. The zero-order valence-electron chi connectivity index (χ0n) is 17.1. The fourth-order valence-corrected chi connectivity index (χ4v) is 4.55. The summed E-state index contributed by atoms with van der Waals surface area (Å²) in [7, 11) is 0. The Labute approximate surface area is 190 Å². The first-order valence-electron chi connectivity index (χ1n) is 9.79. The minimum absolute atomic E-state index is 0.0889. The van der Waals surface area contributed by atoms with Gasteiger partial charge in [0, 0.05) is 6.54 Å². The van der Waals surface area contributed by atoms with Crippen LogP contribution in [0.2, 0.25) is 0 Å². The molecule has 1 aromatic carbocycles. The summed E-state index contributed by atoms with van der Waals surface area (Å²) in [5.74, 6) is -0.0920. The van der Waals surface area contributed by atoms with Gasteiger partial charge >= 0.3 is 5.69 Å². The van der Waals surface area contributed by atoms with E-state index in [2.05, 4.69) is 15.2 Å². The zero-order valence-corrected chi connectivity index (χ0v) is 18.8. The summed E-state index contributed by atoms with van der Waals surface area (Å²) in [5, 5.41) is 9.27. The number of thioether (sulfide) groups is 1. The van der Waals surface area contributed by atoms with Crippen molar-refractivity contribution < 1.29 is 4.79 Å². The number of aromatic amines is 1. The normalized spacial score (nSPS) is 11.0. The number of nitrogens with zero attached hydrogens (tertiary/aromatic N) is 4. The number of thiophene rings is 1. The summed E-state index contributed by atoms with van der Waals surface area (Å²) in [4.78, 5) is 44.0. The lowest BCUT2D eigenvalue weighted by molar-refractivity contribution is 0.102. The number of H-pyrrole nitrogens is 1. The lowest BCUT2D eigenvalue weighted by atomic mass is 10.2. The number of nitrogens with two attached hydrogens (primary N) is 1. The highest BCUT2D eigenvalue weighted by atomic mass is 32.2. The van der Waals surface area contributed by atoms with Crippen molar-refractivity contribution in [3.05, 3.63) is 79.8 Å². The number of Topliss-reactive ketones (excluding diaryl/α,β-unsaturated/α-hetero) is 1. The first-order chi connectivity index (χ1) is 15.5. The van der Waals surface area contributed by atoms with Crippen molar-refractivity contribution >= 4 is 34.7 Å². The Hall–Kier alpha value is -3.44. The van der Waals surface area contributed by atoms with Gasteiger partial charge in [0.25, 0.3) is 5.56 Å². The monoisotopic (exact) mass is 468 g/mol. The molecule has 4 aromatic rings. The van der Waals surface area contributed by atoms with E-state index in [-0.39, 0.29) is 30.2 Å². The van der Waals surface area contributed by atoms with Gasteiger partial charge in [-0.1, -0.05) is 48.2 Å². The molecule has 0 unspecified atom stereocenters. The first kappa shape index (κ1) is 21.8. The Morgan fingerprint density at radius 2 is 1.94 bits per heavy atom. The fraction of sp³-hybridized carbons (Fsp3) is 0.190. The van der Waals surface area contributed by atoms with E-state index in [1.54, 1.807) is 6.92 Å². The molecule has 11 heteroatoms. The average Bonchev–Trinajstić information content (AvgIpc) is 3.48. The molecular formula is C21H20N6O3S2. The second kappa shape index (κ2) is 9.37. The number of hydrogen-bond acceptors (Lipinski definition) is 8. The summed E-state index contributed by atoms with van der Waals surface area (Å²) in [6.07, 6.45) is 0. The third-order valence-corrected chi connectivity index (χ3v) is 6.52. The van der Waals surface area contributed by atoms with E-state index in [1.165, 1.54) is 15.9 Å². The number of ketones is 1. The second-order valence-electron chi connectivity index (χ2n) is 6.82. The molecule has 0 saturated heterocycles. The van der Waals surface area contributed by atoms with Gasteiger partial charge in [-0.3, -0.25) is 23.8 Å². The number of anilines is 1. The number of carbonyl (C=O) groups excluding carboxylic acids is 1. The summed E-state index contributed by atoms with van der Waals surface area (Å²) >= 11 is 2.62. The van der Waals surface area contributed by atoms with Crippen LogP contribution in [-0.4, -0.2) is 35.9 Å². The molecule has 3 heterocycles. The van der Waals surface area contributed by atoms with Crippen molar-refractivity contribution in [1.29, 1.82) is 0 Å². The van der Waals surface area contributed by atoms with Crippen LogP contribution < -0.4 is 17.0 Å². The van der Waals surface area contributed by atoms with E-state index < -0.39 is 17.0 Å². The number of nitrogen functional groups attached to an aromatic ring is 1. The van der Waals surface area contributed by atoms with Gasteiger partial charge in [0.2, 0.25) is 5.16 Å². The molecule has 0 fully saturated rings. The molecule has 0 aliphatic rings. The van der Waals surface area contributed by atoms with Gasteiger partial charge in [0.05, 0.1) is 17.2 Å². The van der Waals surface area contributed by atoms with Crippen LogP contribution >= 0.6 is 23.1 Å². The van der Waals surface area contributed by atoms with Gasteiger partial charge in [0.15, 0.2) is 11.6 Å². The van der Waals surface area contributed by atoms with Crippen molar-refractivity contribution in [2.24, 2.45) is 0 Å². The molecule has 9 nitrogen and oxygen atoms in total. The topological polar surface area (TPSA) is 129 Å². The van der Waals surface area contributed by atoms with Crippen LogP contribution in [0.1, 0.15) is 22.8 Å². The van der Waals surface area contributed by atoms with Crippen molar-refractivity contribution in [3.63, 3.8) is 0 Å². The number of aromatic nitrogens is 5. The molecule has 0 atom stereocenters. The van der Waals surface area contributed by atoms with Gasteiger partial charge in [-0.2, -0.15) is 0 Å². The van der Waals surface area contributed by atoms with Gasteiger partial charge < -0.3 is 5.73 Å². The quantitative estimate of drug-likeness (QED) is 0.300. The number of benzene rings is 1. The van der Waals surface area contributed by atoms with Crippen molar-refractivity contribution in [2.45, 2.75) is 25.2 Å². The molecule has 164 valence electrons. The minimum Gasteiger partial charge on any atom is -0.384 e. The van der Waals surface area contributed by atoms with Crippen LogP contribution in [0.3, 0.4) is 0 Å². The van der Waals surface area contributed by atoms with E-state index in [9.17, 15) is 14.4 Å². The number of carbonyl (C=O) groups is 1. The van der Waals surface area contributed by atoms with Crippen LogP contribution in [0.4, 0.5) is 5.82 Å². The van der Waals surface area contributed by atoms with Gasteiger partial charge in [-0.15, -0.1) is 16.4 Å². The van der Waals surface area contributed by atoms with E-state index in [4.69, 9.17) is 5.73 Å². The molecule has 3 N–H and O–H groups in total. The largest absolute Gasteiger partial charge is 0.384 e. The predicted molar refractivity (Wildman–Crippen MR) is 125 cm³/mol. The third kappa shape index (κ3) is 4.30. The highest BCUT2D eigenvalue weighted by Gasteiger charge is 2.23. The first-order valence-corrected chi connectivity index (χ1v) is 11.7. The lowest BCUT2D eigenvalue weighted by Crippen LogP contribution is -2.44. The Balaban J connectivity index is 1.62. The Bertz CT molecular complexity index is 1360. The Kier molecular flexibility index (Phi) is 6.37. The molecule has 0 radical (unpaired) electrons. The van der Waals surface area contributed by atoms with Crippen molar-refractivity contribution in [1.82, 2.24) is 24.3 Å². The molecule has 0 bridgehead atoms. The smallest absolute Gasteiger partial charge is 0.332 e. The maximum atomic E-state index is 13.0.